The molecule has 1 aromatic heterocycles. The van der Waals surface area contributed by atoms with Crippen LogP contribution in [0.2, 0.25) is 0 Å². The number of hydrogen-bond acceptors (Lipinski definition) is 3. The van der Waals surface area contributed by atoms with Crippen molar-refractivity contribution in [2.24, 2.45) is 0 Å². The minimum atomic E-state index is -0.106. The highest BCUT2D eigenvalue weighted by Crippen LogP contribution is 1.94. The van der Waals surface area contributed by atoms with Crippen molar-refractivity contribution in [1.29, 1.82) is 0 Å². The zero-order valence-electron chi connectivity index (χ0n) is 13.4. The molecule has 0 fully saturated rings. The van der Waals surface area contributed by atoms with Gasteiger partial charge < -0.3 is 14.8 Å². The lowest BCUT2D eigenvalue weighted by atomic mass is 10.3. The molecule has 0 saturated carbocycles. The van der Waals surface area contributed by atoms with Crippen LogP contribution in [0.15, 0.2) is 23.1 Å². The van der Waals surface area contributed by atoms with Crippen LogP contribution in [0.4, 0.5) is 0 Å². The maximum Gasteiger partial charge on any atom is 0.253 e. The van der Waals surface area contributed by atoms with Crippen LogP contribution in [0.25, 0.3) is 0 Å². The predicted molar refractivity (Wildman–Crippen MR) is 85.5 cm³/mol. The lowest BCUT2D eigenvalue weighted by molar-refractivity contribution is -0.121. The van der Waals surface area contributed by atoms with Gasteiger partial charge in [0.15, 0.2) is 0 Å². The van der Waals surface area contributed by atoms with E-state index in [1.165, 1.54) is 4.57 Å². The zero-order valence-corrected chi connectivity index (χ0v) is 13.4. The Morgan fingerprint density at radius 3 is 2.67 bits per heavy atom. The molecule has 21 heavy (non-hydrogen) atoms. The largest absolute Gasteiger partial charge is 0.355 e. The van der Waals surface area contributed by atoms with Crippen LogP contribution in [0.1, 0.15) is 32.3 Å². The van der Waals surface area contributed by atoms with E-state index in [0.717, 1.165) is 32.5 Å². The van der Waals surface area contributed by atoms with Crippen molar-refractivity contribution in [2.45, 2.75) is 40.2 Å². The first-order valence-corrected chi connectivity index (χ1v) is 7.73. The van der Waals surface area contributed by atoms with Crippen LogP contribution < -0.4 is 10.9 Å². The molecule has 5 nitrogen and oxygen atoms in total. The van der Waals surface area contributed by atoms with E-state index in [2.05, 4.69) is 24.1 Å². The van der Waals surface area contributed by atoms with Gasteiger partial charge in [-0.15, -0.1) is 0 Å². The summed E-state index contributed by atoms with van der Waals surface area (Å²) in [4.78, 5) is 26.0. The normalized spacial score (nSPS) is 10.9. The molecular formula is C16H27N3O2. The van der Waals surface area contributed by atoms with Crippen LogP contribution in [0.5, 0.6) is 0 Å². The average Bonchev–Trinajstić information content (AvgIpc) is 2.48. The molecule has 0 aromatic carbocycles. The monoisotopic (exact) mass is 293 g/mol. The van der Waals surface area contributed by atoms with Crippen LogP contribution in [-0.4, -0.2) is 41.6 Å². The number of nitrogens with zero attached hydrogens (tertiary/aromatic N) is 2. The van der Waals surface area contributed by atoms with E-state index in [9.17, 15) is 9.59 Å². The number of nitrogens with one attached hydrogen (secondary N) is 1. The highest BCUT2D eigenvalue weighted by Gasteiger charge is 2.05. The van der Waals surface area contributed by atoms with E-state index in [0.29, 0.717) is 12.1 Å². The van der Waals surface area contributed by atoms with Crippen LogP contribution in [0, 0.1) is 6.92 Å². The van der Waals surface area contributed by atoms with E-state index in [1.54, 1.807) is 25.3 Å². The Balaban J connectivity index is 2.26. The molecule has 5 heteroatoms. The Hall–Kier alpha value is -1.62. The van der Waals surface area contributed by atoms with Crippen molar-refractivity contribution < 1.29 is 4.79 Å². The quantitative estimate of drug-likeness (QED) is 0.700. The number of amides is 1. The van der Waals surface area contributed by atoms with Gasteiger partial charge in [-0.05, 0) is 45.5 Å². The van der Waals surface area contributed by atoms with Crippen LogP contribution in [0.3, 0.4) is 0 Å². The first-order valence-electron chi connectivity index (χ1n) is 7.73. The summed E-state index contributed by atoms with van der Waals surface area (Å²) in [6, 6.07) is 3.54. The first kappa shape index (κ1) is 17.4. The van der Waals surface area contributed by atoms with E-state index in [1.807, 2.05) is 0 Å². The first-order chi connectivity index (χ1) is 10.1. The molecule has 0 aliphatic heterocycles. The molecule has 1 heterocycles. The van der Waals surface area contributed by atoms with Crippen LogP contribution >= 0.6 is 0 Å². The fraction of sp³-hybridized carbons (Fsp3) is 0.625. The Kier molecular flexibility index (Phi) is 7.75. The fourth-order valence-corrected chi connectivity index (χ4v) is 2.22. The summed E-state index contributed by atoms with van der Waals surface area (Å²) in [6.45, 7) is 10.0. The molecule has 1 amide bonds. The van der Waals surface area contributed by atoms with Crippen LogP contribution in [-0.2, 0) is 11.3 Å². The number of rotatable bonds is 9. The predicted octanol–water partition coefficient (Wildman–Crippen LogP) is 1.39. The topological polar surface area (TPSA) is 54.3 Å². The number of pyridine rings is 1. The third-order valence-corrected chi connectivity index (χ3v) is 3.64. The maximum atomic E-state index is 11.8. The second kappa shape index (κ2) is 9.34. The molecule has 0 bridgehead atoms. The third-order valence-electron chi connectivity index (χ3n) is 3.64. The van der Waals surface area contributed by atoms with Crippen molar-refractivity contribution in [3.63, 3.8) is 0 Å². The van der Waals surface area contributed by atoms with Crippen molar-refractivity contribution in [3.8, 4) is 0 Å². The number of unbranched alkanes of at least 4 members (excludes halogenated alkanes) is 1. The van der Waals surface area contributed by atoms with Crippen molar-refractivity contribution in [3.05, 3.63) is 34.2 Å². The molecule has 0 radical (unpaired) electrons. The standard InChI is InChI=1S/C16H27N3O2/c1-4-18(5-2)11-7-6-10-17-15(20)13-19-12-8-9-14(3)16(19)21/h8-9,12H,4-7,10-11,13H2,1-3H3,(H,17,20). The van der Waals surface area contributed by atoms with Gasteiger partial charge in [-0.25, -0.2) is 0 Å². The molecule has 1 aromatic rings. The van der Waals surface area contributed by atoms with Gasteiger partial charge in [-0.3, -0.25) is 9.59 Å². The number of hydrogen-bond donors (Lipinski definition) is 1. The highest BCUT2D eigenvalue weighted by atomic mass is 16.2. The molecule has 0 aliphatic rings. The number of aromatic nitrogens is 1. The van der Waals surface area contributed by atoms with Gasteiger partial charge in [0.25, 0.3) is 5.56 Å². The number of carbonyl (C=O) groups excluding carboxylic acids is 1. The number of aryl methyl sites for hydroxylation is 1. The van der Waals surface area contributed by atoms with Gasteiger partial charge in [0.05, 0.1) is 0 Å². The Morgan fingerprint density at radius 1 is 1.29 bits per heavy atom. The zero-order chi connectivity index (χ0) is 15.7. The SMILES string of the molecule is CCN(CC)CCCCNC(=O)Cn1cccc(C)c1=O. The van der Waals surface area contributed by atoms with Gasteiger partial charge in [-0.2, -0.15) is 0 Å². The van der Waals surface area contributed by atoms with E-state index >= 15 is 0 Å². The van der Waals surface area contributed by atoms with Gasteiger partial charge >= 0.3 is 0 Å². The molecule has 0 saturated heterocycles. The summed E-state index contributed by atoms with van der Waals surface area (Å²) in [7, 11) is 0. The molecule has 0 atom stereocenters. The lowest BCUT2D eigenvalue weighted by Gasteiger charge is -2.17. The molecule has 0 spiro atoms. The Morgan fingerprint density at radius 2 is 2.00 bits per heavy atom. The lowest BCUT2D eigenvalue weighted by Crippen LogP contribution is -2.33. The molecule has 0 unspecified atom stereocenters. The van der Waals surface area contributed by atoms with Gasteiger partial charge in [0, 0.05) is 18.3 Å². The average molecular weight is 293 g/mol. The third kappa shape index (κ3) is 6.12. The summed E-state index contributed by atoms with van der Waals surface area (Å²) in [5.41, 5.74) is 0.554. The van der Waals surface area contributed by atoms with Crippen molar-refractivity contribution in [1.82, 2.24) is 14.8 Å². The van der Waals surface area contributed by atoms with Crippen molar-refractivity contribution >= 4 is 5.91 Å². The van der Waals surface area contributed by atoms with E-state index in [4.69, 9.17) is 0 Å². The van der Waals surface area contributed by atoms with Crippen molar-refractivity contribution in [2.75, 3.05) is 26.2 Å². The fourth-order valence-electron chi connectivity index (χ4n) is 2.22. The number of carbonyl (C=O) groups is 1. The molecule has 1 N–H and O–H groups in total. The van der Waals surface area contributed by atoms with Gasteiger partial charge in [0.1, 0.15) is 6.54 Å². The summed E-state index contributed by atoms with van der Waals surface area (Å²) >= 11 is 0. The van der Waals surface area contributed by atoms with Gasteiger partial charge in [-0.1, -0.05) is 19.9 Å². The Labute approximate surface area is 127 Å². The van der Waals surface area contributed by atoms with E-state index in [-0.39, 0.29) is 18.0 Å². The second-order valence-electron chi connectivity index (χ2n) is 5.21. The smallest absolute Gasteiger partial charge is 0.253 e. The minimum Gasteiger partial charge on any atom is -0.355 e. The summed E-state index contributed by atoms with van der Waals surface area (Å²) in [6.07, 6.45) is 3.69. The summed E-state index contributed by atoms with van der Waals surface area (Å²) < 4.78 is 1.45. The minimum absolute atomic E-state index is 0.0938. The molecule has 1 rings (SSSR count). The molecular weight excluding hydrogens is 266 g/mol. The summed E-state index contributed by atoms with van der Waals surface area (Å²) in [5.74, 6) is -0.106. The van der Waals surface area contributed by atoms with Gasteiger partial charge in [0.2, 0.25) is 5.91 Å². The van der Waals surface area contributed by atoms with E-state index < -0.39 is 0 Å². The molecule has 0 aliphatic carbocycles. The maximum absolute atomic E-state index is 11.8. The highest BCUT2D eigenvalue weighted by molar-refractivity contribution is 5.75. The Bertz CT molecular complexity index is 493. The molecule has 118 valence electrons. The second-order valence-corrected chi connectivity index (χ2v) is 5.21. The summed E-state index contributed by atoms with van der Waals surface area (Å²) in [5, 5.41) is 2.87.